The van der Waals surface area contributed by atoms with Gasteiger partial charge in [-0.1, -0.05) is 37.7 Å². The van der Waals surface area contributed by atoms with E-state index in [1.807, 2.05) is 13.8 Å². The summed E-state index contributed by atoms with van der Waals surface area (Å²) in [5.74, 6) is -2.65. The molecule has 0 bridgehead atoms. The Morgan fingerprint density at radius 2 is 2.00 bits per heavy atom. The smallest absolute Gasteiger partial charge is 0.288 e. The maximum atomic E-state index is 12.4. The van der Waals surface area contributed by atoms with E-state index in [9.17, 15) is 13.6 Å². The summed E-state index contributed by atoms with van der Waals surface area (Å²) in [5.41, 5.74) is 0.444. The van der Waals surface area contributed by atoms with Crippen LogP contribution in [0.4, 0.5) is 14.5 Å². The number of nitrogens with one attached hydrogen (secondary N) is 2. The van der Waals surface area contributed by atoms with Crippen LogP contribution in [0.5, 0.6) is 0 Å². The molecule has 6 heteroatoms. The average molecular weight is 302 g/mol. The van der Waals surface area contributed by atoms with Crippen molar-refractivity contribution in [3.05, 3.63) is 24.3 Å². The summed E-state index contributed by atoms with van der Waals surface area (Å²) in [5, 5.41) is 5.90. The zero-order valence-corrected chi connectivity index (χ0v) is 12.5. The molecular formula is C14H20F2N2OS. The number of carbonyl (C=O) groups is 1. The number of anilines is 1. The zero-order valence-electron chi connectivity index (χ0n) is 11.7. The first-order valence-corrected chi connectivity index (χ1v) is 7.44. The predicted octanol–water partition coefficient (Wildman–Crippen LogP) is 3.72. The minimum absolute atomic E-state index is 0.155. The number of alkyl halides is 2. The van der Waals surface area contributed by atoms with Crippen LogP contribution in [0.25, 0.3) is 0 Å². The number of rotatable bonds is 8. The van der Waals surface area contributed by atoms with Crippen molar-refractivity contribution < 1.29 is 13.6 Å². The van der Waals surface area contributed by atoms with Gasteiger partial charge in [-0.25, -0.2) is 0 Å². The summed E-state index contributed by atoms with van der Waals surface area (Å²) in [6, 6.07) is 6.99. The fraction of sp³-hybridized carbons (Fsp3) is 0.500. The van der Waals surface area contributed by atoms with Crippen LogP contribution in [0.1, 0.15) is 26.7 Å². The first kappa shape index (κ1) is 16.9. The Morgan fingerprint density at radius 3 is 2.65 bits per heavy atom. The van der Waals surface area contributed by atoms with Crippen LogP contribution in [0, 0.1) is 0 Å². The van der Waals surface area contributed by atoms with Gasteiger partial charge in [0.05, 0.1) is 5.69 Å². The van der Waals surface area contributed by atoms with Gasteiger partial charge < -0.3 is 10.6 Å². The van der Waals surface area contributed by atoms with Crippen LogP contribution in [0.3, 0.4) is 0 Å². The highest BCUT2D eigenvalue weighted by molar-refractivity contribution is 7.99. The average Bonchev–Trinajstić information content (AvgIpc) is 2.36. The highest BCUT2D eigenvalue weighted by Gasteiger charge is 2.11. The van der Waals surface area contributed by atoms with Crippen molar-refractivity contribution in [1.82, 2.24) is 5.32 Å². The maximum Gasteiger partial charge on any atom is 0.288 e. The number of amides is 1. The van der Waals surface area contributed by atoms with Crippen molar-refractivity contribution in [3.63, 3.8) is 0 Å². The Kier molecular flexibility index (Phi) is 7.54. The quantitative estimate of drug-likeness (QED) is 0.568. The minimum Gasteiger partial charge on any atom is -0.325 e. The summed E-state index contributed by atoms with van der Waals surface area (Å²) in [7, 11) is 0. The summed E-state index contributed by atoms with van der Waals surface area (Å²) in [6.07, 6.45) is 1.08. The monoisotopic (exact) mass is 302 g/mol. The van der Waals surface area contributed by atoms with Gasteiger partial charge in [-0.15, -0.1) is 0 Å². The van der Waals surface area contributed by atoms with Gasteiger partial charge in [0.1, 0.15) is 0 Å². The number of para-hydroxylation sites is 1. The molecule has 0 aliphatic carbocycles. The largest absolute Gasteiger partial charge is 0.325 e. The van der Waals surface area contributed by atoms with Gasteiger partial charge in [-0.05, 0) is 25.1 Å². The Hall–Kier alpha value is -1.14. The van der Waals surface area contributed by atoms with Crippen LogP contribution < -0.4 is 10.6 Å². The molecule has 0 aromatic heterocycles. The molecule has 0 heterocycles. The lowest BCUT2D eigenvalue weighted by molar-refractivity contribution is -0.116. The van der Waals surface area contributed by atoms with E-state index in [0.29, 0.717) is 41.2 Å². The molecule has 0 saturated heterocycles. The molecular weight excluding hydrogens is 282 g/mol. The van der Waals surface area contributed by atoms with Crippen molar-refractivity contribution >= 4 is 23.4 Å². The first-order valence-electron chi connectivity index (χ1n) is 6.56. The van der Waals surface area contributed by atoms with E-state index in [-0.39, 0.29) is 5.91 Å². The molecule has 0 saturated carbocycles. The van der Waals surface area contributed by atoms with E-state index in [1.54, 1.807) is 24.3 Å². The van der Waals surface area contributed by atoms with Crippen LogP contribution in [-0.4, -0.2) is 24.3 Å². The lowest BCUT2D eigenvalue weighted by Gasteiger charge is -2.11. The Bertz CT molecular complexity index is 427. The molecule has 3 nitrogen and oxygen atoms in total. The van der Waals surface area contributed by atoms with E-state index >= 15 is 0 Å². The van der Waals surface area contributed by atoms with E-state index in [4.69, 9.17) is 0 Å². The van der Waals surface area contributed by atoms with Crippen molar-refractivity contribution in [1.29, 1.82) is 0 Å². The van der Waals surface area contributed by atoms with Crippen LogP contribution in [0.2, 0.25) is 0 Å². The SMILES string of the molecule is CC(C)NCCCC(=O)Nc1ccccc1SC(F)F. The second-order valence-corrected chi connectivity index (χ2v) is 5.67. The van der Waals surface area contributed by atoms with Crippen molar-refractivity contribution in [2.75, 3.05) is 11.9 Å². The van der Waals surface area contributed by atoms with E-state index in [2.05, 4.69) is 10.6 Å². The minimum atomic E-state index is -2.50. The van der Waals surface area contributed by atoms with Crippen molar-refractivity contribution in [2.24, 2.45) is 0 Å². The van der Waals surface area contributed by atoms with Crippen molar-refractivity contribution in [2.45, 2.75) is 43.4 Å². The lowest BCUT2D eigenvalue weighted by atomic mass is 10.2. The number of hydrogen-bond acceptors (Lipinski definition) is 3. The third kappa shape index (κ3) is 6.86. The van der Waals surface area contributed by atoms with Crippen LogP contribution >= 0.6 is 11.8 Å². The Labute approximate surface area is 122 Å². The Balaban J connectivity index is 2.45. The van der Waals surface area contributed by atoms with Crippen molar-refractivity contribution in [3.8, 4) is 0 Å². The summed E-state index contributed by atoms with van der Waals surface area (Å²) < 4.78 is 24.8. The molecule has 20 heavy (non-hydrogen) atoms. The second-order valence-electron chi connectivity index (χ2n) is 4.64. The number of halogens is 2. The highest BCUT2D eigenvalue weighted by atomic mass is 32.2. The standard InChI is InChI=1S/C14H20F2N2OS/c1-10(2)17-9-5-8-13(19)18-11-6-3-4-7-12(11)20-14(15)16/h3-4,6-7,10,14,17H,5,8-9H2,1-2H3,(H,18,19). The van der Waals surface area contributed by atoms with Gasteiger partial charge in [0.15, 0.2) is 0 Å². The molecule has 0 atom stereocenters. The number of hydrogen-bond donors (Lipinski definition) is 2. The maximum absolute atomic E-state index is 12.4. The first-order chi connectivity index (χ1) is 9.49. The molecule has 1 rings (SSSR count). The highest BCUT2D eigenvalue weighted by Crippen LogP contribution is 2.31. The summed E-state index contributed by atoms with van der Waals surface area (Å²) in [4.78, 5) is 12.1. The molecule has 0 spiro atoms. The predicted molar refractivity (Wildman–Crippen MR) is 79.3 cm³/mol. The van der Waals surface area contributed by atoms with E-state index in [1.165, 1.54) is 0 Å². The molecule has 1 amide bonds. The van der Waals surface area contributed by atoms with Crippen LogP contribution in [-0.2, 0) is 4.79 Å². The molecule has 1 aromatic rings. The zero-order chi connectivity index (χ0) is 15.0. The third-order valence-electron chi connectivity index (χ3n) is 2.51. The molecule has 0 aliphatic rings. The fourth-order valence-electron chi connectivity index (χ4n) is 1.62. The van der Waals surface area contributed by atoms with Gasteiger partial charge in [0.25, 0.3) is 5.76 Å². The molecule has 2 N–H and O–H groups in total. The molecule has 0 fully saturated rings. The summed E-state index contributed by atoms with van der Waals surface area (Å²) in [6.45, 7) is 4.84. The molecule has 1 aromatic carbocycles. The second kappa shape index (κ2) is 8.92. The fourth-order valence-corrected chi connectivity index (χ4v) is 2.22. The molecule has 112 valence electrons. The van der Waals surface area contributed by atoms with Crippen LogP contribution in [0.15, 0.2) is 29.2 Å². The van der Waals surface area contributed by atoms with Gasteiger partial charge in [-0.2, -0.15) is 8.78 Å². The van der Waals surface area contributed by atoms with Gasteiger partial charge >= 0.3 is 0 Å². The topological polar surface area (TPSA) is 41.1 Å². The van der Waals surface area contributed by atoms with Gasteiger partial charge in [-0.3, -0.25) is 4.79 Å². The van der Waals surface area contributed by atoms with E-state index < -0.39 is 5.76 Å². The Morgan fingerprint density at radius 1 is 1.30 bits per heavy atom. The third-order valence-corrected chi connectivity index (χ3v) is 3.30. The van der Waals surface area contributed by atoms with Gasteiger partial charge in [0.2, 0.25) is 5.91 Å². The normalized spacial score (nSPS) is 11.1. The van der Waals surface area contributed by atoms with E-state index in [0.717, 1.165) is 6.54 Å². The number of carbonyl (C=O) groups excluding carboxylic acids is 1. The summed E-state index contributed by atoms with van der Waals surface area (Å²) >= 11 is 0.439. The molecule has 0 radical (unpaired) electrons. The lowest BCUT2D eigenvalue weighted by Crippen LogP contribution is -2.24. The molecule has 0 unspecified atom stereocenters. The number of thioether (sulfide) groups is 1. The number of benzene rings is 1. The van der Waals surface area contributed by atoms with Gasteiger partial charge in [0, 0.05) is 17.4 Å². The molecule has 0 aliphatic heterocycles.